The molecule has 86 valence electrons. The van der Waals surface area contributed by atoms with Crippen molar-refractivity contribution in [3.05, 3.63) is 0 Å². The third-order valence-corrected chi connectivity index (χ3v) is 0.183. The third-order valence-electron chi connectivity index (χ3n) is 0.183. The minimum Gasteiger partial charge on any atom is -0.473 e. The smallest absolute Gasteiger partial charge is 0.414 e. The number of carboxylic acids is 2. The predicted octanol–water partition coefficient (Wildman–Crippen LogP) is -0.137. The molecule has 6 heteroatoms. The van der Waals surface area contributed by atoms with Gasteiger partial charge in [-0.05, 0) is 12.1 Å². The highest BCUT2D eigenvalue weighted by atomic mass is 16.4. The van der Waals surface area contributed by atoms with Crippen LogP contribution < -0.4 is 11.5 Å². The molecule has 0 unspecified atom stereocenters. The Morgan fingerprint density at radius 3 is 0.929 bits per heavy atom. The molecule has 0 amide bonds. The van der Waals surface area contributed by atoms with Gasteiger partial charge in [-0.15, -0.1) is 0 Å². The molecule has 0 saturated heterocycles. The number of carboxylic acid groups (broad SMARTS) is 2. The second kappa shape index (κ2) is 11.9. The van der Waals surface area contributed by atoms with Gasteiger partial charge in [0.15, 0.2) is 0 Å². The number of rotatable bonds is 0. The molecular weight excluding hydrogens is 188 g/mol. The Kier molecular flexibility index (Phi) is 15.8. The maximum absolute atomic E-state index is 9.10. The highest BCUT2D eigenvalue weighted by Gasteiger charge is 2.04. The van der Waals surface area contributed by atoms with Crippen molar-refractivity contribution in [2.24, 2.45) is 11.5 Å². The zero-order valence-electron chi connectivity index (χ0n) is 9.02. The zero-order chi connectivity index (χ0) is 12.3. The summed E-state index contributed by atoms with van der Waals surface area (Å²) < 4.78 is 0. The Morgan fingerprint density at radius 1 is 0.857 bits per heavy atom. The van der Waals surface area contributed by atoms with Gasteiger partial charge in [-0.2, -0.15) is 0 Å². The van der Waals surface area contributed by atoms with Crippen LogP contribution in [0, 0.1) is 0 Å². The minimum absolute atomic E-state index is 0.333. The molecular formula is C8H20N2O4. The van der Waals surface area contributed by atoms with Crippen LogP contribution in [0.5, 0.6) is 0 Å². The van der Waals surface area contributed by atoms with E-state index in [2.05, 4.69) is 0 Å². The van der Waals surface area contributed by atoms with E-state index >= 15 is 0 Å². The number of aliphatic carboxylic acids is 2. The second-order valence-corrected chi connectivity index (χ2v) is 3.10. The van der Waals surface area contributed by atoms with Crippen molar-refractivity contribution in [1.82, 2.24) is 0 Å². The summed E-state index contributed by atoms with van der Waals surface area (Å²) in [5.41, 5.74) is 10.2. The van der Waals surface area contributed by atoms with Crippen LogP contribution in [0.15, 0.2) is 0 Å². The largest absolute Gasteiger partial charge is 0.473 e. The molecule has 6 N–H and O–H groups in total. The standard InChI is InChI=1S/2C3H9N.C2H2O4/c2*1-3(2)4;3-1(4)2(5)6/h2*3H,4H2,1-2H3;(H,3,4)(H,5,6). The van der Waals surface area contributed by atoms with E-state index in [1.165, 1.54) is 0 Å². The summed E-state index contributed by atoms with van der Waals surface area (Å²) in [6.07, 6.45) is 0. The lowest BCUT2D eigenvalue weighted by Crippen LogP contribution is -2.09. The fourth-order valence-electron chi connectivity index (χ4n) is 0. The lowest BCUT2D eigenvalue weighted by atomic mass is 10.4. The first-order chi connectivity index (χ1) is 6.11. The Bertz CT molecular complexity index is 134. The fraction of sp³-hybridized carbons (Fsp3) is 0.750. The van der Waals surface area contributed by atoms with Crippen LogP contribution in [0.3, 0.4) is 0 Å². The third kappa shape index (κ3) is 129. The van der Waals surface area contributed by atoms with Crippen LogP contribution in [0.2, 0.25) is 0 Å². The number of hydrogen-bond donors (Lipinski definition) is 4. The Morgan fingerprint density at radius 2 is 0.929 bits per heavy atom. The molecule has 0 aromatic rings. The average Bonchev–Trinajstić information content (AvgIpc) is 1.83. The molecule has 0 fully saturated rings. The molecule has 0 radical (unpaired) electrons. The highest BCUT2D eigenvalue weighted by molar-refractivity contribution is 6.27. The first-order valence-corrected chi connectivity index (χ1v) is 4.08. The molecule has 0 atom stereocenters. The van der Waals surface area contributed by atoms with Crippen molar-refractivity contribution in [3.63, 3.8) is 0 Å². The summed E-state index contributed by atoms with van der Waals surface area (Å²) in [4.78, 5) is 18.2. The van der Waals surface area contributed by atoms with E-state index in [1.807, 2.05) is 27.7 Å². The molecule has 0 heterocycles. The van der Waals surface area contributed by atoms with Gasteiger partial charge in [0.25, 0.3) is 0 Å². The fourth-order valence-corrected chi connectivity index (χ4v) is 0. The topological polar surface area (TPSA) is 127 Å². The van der Waals surface area contributed by atoms with Gasteiger partial charge in [-0.25, -0.2) is 9.59 Å². The molecule has 14 heavy (non-hydrogen) atoms. The van der Waals surface area contributed by atoms with E-state index in [1.54, 1.807) is 0 Å². The summed E-state index contributed by atoms with van der Waals surface area (Å²) in [5, 5.41) is 14.8. The normalized spacial score (nSPS) is 8.29. The molecule has 0 aromatic carbocycles. The average molecular weight is 208 g/mol. The molecule has 6 nitrogen and oxygen atoms in total. The highest BCUT2D eigenvalue weighted by Crippen LogP contribution is 1.58. The van der Waals surface area contributed by atoms with Crippen molar-refractivity contribution < 1.29 is 19.8 Å². The van der Waals surface area contributed by atoms with E-state index in [0.29, 0.717) is 12.1 Å². The summed E-state index contributed by atoms with van der Waals surface area (Å²) in [6, 6.07) is 0.667. The first kappa shape index (κ1) is 18.6. The Labute approximate surface area is 83.9 Å². The zero-order valence-corrected chi connectivity index (χ0v) is 9.02. The quantitative estimate of drug-likeness (QED) is 0.410. The molecule has 0 bridgehead atoms. The van der Waals surface area contributed by atoms with E-state index < -0.39 is 11.9 Å². The van der Waals surface area contributed by atoms with Gasteiger partial charge in [0.1, 0.15) is 0 Å². The number of hydrogen-bond acceptors (Lipinski definition) is 4. The lowest BCUT2D eigenvalue weighted by Gasteiger charge is -1.81. The van der Waals surface area contributed by atoms with E-state index in [9.17, 15) is 0 Å². The van der Waals surface area contributed by atoms with Crippen molar-refractivity contribution in [2.75, 3.05) is 0 Å². The molecule has 0 aliphatic heterocycles. The van der Waals surface area contributed by atoms with Gasteiger partial charge in [-0.3, -0.25) is 0 Å². The SMILES string of the molecule is CC(C)N.CC(C)N.O=C(O)C(=O)O. The van der Waals surface area contributed by atoms with Gasteiger partial charge < -0.3 is 21.7 Å². The van der Waals surface area contributed by atoms with Gasteiger partial charge in [0.05, 0.1) is 0 Å². The molecule has 0 aliphatic rings. The number of carbonyl (C=O) groups is 2. The van der Waals surface area contributed by atoms with Crippen molar-refractivity contribution in [1.29, 1.82) is 0 Å². The van der Waals surface area contributed by atoms with Crippen LogP contribution in [0.1, 0.15) is 27.7 Å². The molecule has 0 aliphatic carbocycles. The maximum atomic E-state index is 9.10. The van der Waals surface area contributed by atoms with E-state index in [4.69, 9.17) is 31.3 Å². The van der Waals surface area contributed by atoms with Crippen LogP contribution in [-0.4, -0.2) is 34.2 Å². The first-order valence-electron chi connectivity index (χ1n) is 4.08. The second-order valence-electron chi connectivity index (χ2n) is 3.10. The molecule has 0 spiro atoms. The van der Waals surface area contributed by atoms with Crippen LogP contribution in [0.25, 0.3) is 0 Å². The minimum atomic E-state index is -1.82. The lowest BCUT2D eigenvalue weighted by molar-refractivity contribution is -0.159. The molecule has 0 rings (SSSR count). The van der Waals surface area contributed by atoms with Gasteiger partial charge >= 0.3 is 11.9 Å². The van der Waals surface area contributed by atoms with Crippen LogP contribution in [0.4, 0.5) is 0 Å². The van der Waals surface area contributed by atoms with Crippen molar-refractivity contribution in [3.8, 4) is 0 Å². The van der Waals surface area contributed by atoms with Gasteiger partial charge in [0.2, 0.25) is 0 Å². The van der Waals surface area contributed by atoms with Crippen LogP contribution >= 0.6 is 0 Å². The van der Waals surface area contributed by atoms with Crippen molar-refractivity contribution >= 4 is 11.9 Å². The summed E-state index contributed by atoms with van der Waals surface area (Å²) in [6.45, 7) is 7.78. The van der Waals surface area contributed by atoms with Crippen LogP contribution in [-0.2, 0) is 9.59 Å². The molecule has 0 aromatic heterocycles. The maximum Gasteiger partial charge on any atom is 0.414 e. The predicted molar refractivity (Wildman–Crippen MR) is 53.9 cm³/mol. The molecule has 0 saturated carbocycles. The van der Waals surface area contributed by atoms with Crippen molar-refractivity contribution in [2.45, 2.75) is 39.8 Å². The summed E-state index contributed by atoms with van der Waals surface area (Å²) in [7, 11) is 0. The summed E-state index contributed by atoms with van der Waals surface area (Å²) in [5.74, 6) is -3.65. The van der Waals surface area contributed by atoms with E-state index in [0.717, 1.165) is 0 Å². The summed E-state index contributed by atoms with van der Waals surface area (Å²) >= 11 is 0. The van der Waals surface area contributed by atoms with E-state index in [-0.39, 0.29) is 0 Å². The van der Waals surface area contributed by atoms with Gasteiger partial charge in [-0.1, -0.05) is 27.7 Å². The monoisotopic (exact) mass is 208 g/mol. The Balaban J connectivity index is -0.000000135. The Hall–Kier alpha value is -1.14. The number of nitrogens with two attached hydrogens (primary N) is 2. The van der Waals surface area contributed by atoms with Gasteiger partial charge in [0, 0.05) is 0 Å².